The van der Waals surface area contributed by atoms with Gasteiger partial charge in [0.05, 0.1) is 41.0 Å². The second-order valence-corrected chi connectivity index (χ2v) is 14.4. The van der Waals surface area contributed by atoms with Gasteiger partial charge in [0.15, 0.2) is 17.1 Å². The van der Waals surface area contributed by atoms with Crippen LogP contribution in [0.2, 0.25) is 10.0 Å². The number of fused-ring (bicyclic) bond motifs is 6. The number of aromatic hydroxyl groups is 2. The van der Waals surface area contributed by atoms with E-state index in [1.54, 1.807) is 12.1 Å². The zero-order chi connectivity index (χ0) is 24.1. The molecule has 2 heterocycles. The van der Waals surface area contributed by atoms with Crippen molar-refractivity contribution < 1.29 is 24.5 Å². The van der Waals surface area contributed by atoms with E-state index in [-0.39, 0.29) is 22.1 Å². The number of ether oxygens (including phenoxy) is 2. The lowest BCUT2D eigenvalue weighted by molar-refractivity contribution is 0.0223. The summed E-state index contributed by atoms with van der Waals surface area (Å²) in [6.07, 6.45) is 0. The highest BCUT2D eigenvalue weighted by Gasteiger charge is 2.57. The first-order valence-corrected chi connectivity index (χ1v) is 15.9. The Morgan fingerprint density at radius 1 is 0.758 bits per heavy atom. The van der Waals surface area contributed by atoms with Crippen molar-refractivity contribution in [3.8, 4) is 23.0 Å². The largest absolute Gasteiger partial charge is 0.506 e. The molecule has 2 N–H and O–H groups in total. The Hall–Kier alpha value is 1.49. The minimum absolute atomic E-state index is 0.0455. The summed E-state index contributed by atoms with van der Waals surface area (Å²) in [5, 5.41) is 21.9. The van der Waals surface area contributed by atoms with Crippen LogP contribution in [0.4, 0.5) is 0 Å². The standard InChI is InChI=1S/C20H4Cl2I6O5/c21-9-7-8(10(22)12(26)11(9)25)20(33-19(7)31)3-1-5(23)15(29)13(27)17(3)32-18-4(20)2-6(24)16(30)14(18)28/h1-2,29-30H. The minimum atomic E-state index is -1.48. The molecule has 170 valence electrons. The molecule has 1 spiro atoms. The van der Waals surface area contributed by atoms with Crippen LogP contribution in [0.1, 0.15) is 27.0 Å². The first-order chi connectivity index (χ1) is 15.4. The van der Waals surface area contributed by atoms with E-state index >= 15 is 0 Å². The number of benzene rings is 3. The van der Waals surface area contributed by atoms with Gasteiger partial charge in [0.25, 0.3) is 0 Å². The molecule has 0 unspecified atom stereocenters. The molecule has 33 heavy (non-hydrogen) atoms. The average Bonchev–Trinajstić information content (AvgIpc) is 3.08. The summed E-state index contributed by atoms with van der Waals surface area (Å²) in [6.45, 7) is 0. The Balaban J connectivity index is 2.05. The first-order valence-electron chi connectivity index (χ1n) is 8.63. The van der Waals surface area contributed by atoms with E-state index in [4.69, 9.17) is 32.7 Å². The lowest BCUT2D eigenvalue weighted by Gasteiger charge is -2.38. The lowest BCUT2D eigenvalue weighted by Crippen LogP contribution is -2.34. The van der Waals surface area contributed by atoms with Crippen LogP contribution in [-0.2, 0) is 10.3 Å². The number of hydrogen-bond donors (Lipinski definition) is 2. The second-order valence-electron chi connectivity index (χ2n) is 6.97. The molecule has 0 fully saturated rings. The summed E-state index contributed by atoms with van der Waals surface area (Å²) >= 11 is 25.8. The lowest BCUT2D eigenvalue weighted by atomic mass is 9.77. The predicted octanol–water partition coefficient (Wildman–Crippen LogP) is 8.60. The molecule has 3 aromatic carbocycles. The topological polar surface area (TPSA) is 76.0 Å². The number of rotatable bonds is 0. The summed E-state index contributed by atoms with van der Waals surface area (Å²) in [6, 6.07) is 3.45. The maximum atomic E-state index is 13.4. The third-order valence-corrected chi connectivity index (χ3v) is 13.6. The third-order valence-electron chi connectivity index (χ3n) is 5.33. The van der Waals surface area contributed by atoms with E-state index in [1.165, 1.54) is 0 Å². The van der Waals surface area contributed by atoms with Gasteiger partial charge in [0.1, 0.15) is 11.5 Å². The second kappa shape index (κ2) is 9.05. The summed E-state index contributed by atoms with van der Waals surface area (Å²) in [5.41, 5.74) is 0.161. The average molecular weight is 1160 g/mol. The van der Waals surface area contributed by atoms with Gasteiger partial charge in [-0.3, -0.25) is 0 Å². The van der Waals surface area contributed by atoms with E-state index < -0.39 is 11.6 Å². The Morgan fingerprint density at radius 2 is 1.21 bits per heavy atom. The quantitative estimate of drug-likeness (QED) is 0.102. The van der Waals surface area contributed by atoms with Crippen LogP contribution < -0.4 is 4.74 Å². The molecule has 0 radical (unpaired) electrons. The smallest absolute Gasteiger partial charge is 0.341 e. The van der Waals surface area contributed by atoms with Crippen LogP contribution in [0.25, 0.3) is 0 Å². The summed E-state index contributed by atoms with van der Waals surface area (Å²) in [7, 11) is 0. The van der Waals surface area contributed by atoms with Gasteiger partial charge in [-0.05, 0) is 148 Å². The van der Waals surface area contributed by atoms with Gasteiger partial charge in [0, 0.05) is 12.7 Å². The molecule has 2 aliphatic rings. The van der Waals surface area contributed by atoms with Gasteiger partial charge in [-0.2, -0.15) is 0 Å². The number of carbonyl (C=O) groups is 1. The Morgan fingerprint density at radius 3 is 1.70 bits per heavy atom. The molecule has 13 heteroatoms. The molecule has 0 saturated carbocycles. The van der Waals surface area contributed by atoms with Gasteiger partial charge in [-0.15, -0.1) is 0 Å². The fourth-order valence-corrected chi connectivity index (χ4v) is 9.49. The maximum Gasteiger partial charge on any atom is 0.341 e. The van der Waals surface area contributed by atoms with Crippen molar-refractivity contribution in [3.63, 3.8) is 0 Å². The monoisotopic (exact) mass is 1160 g/mol. The van der Waals surface area contributed by atoms with E-state index in [0.717, 1.165) is 0 Å². The molecule has 5 nitrogen and oxygen atoms in total. The minimum Gasteiger partial charge on any atom is -0.506 e. The summed E-state index contributed by atoms with van der Waals surface area (Å²) in [4.78, 5) is 13.4. The number of hydrogen-bond acceptors (Lipinski definition) is 5. The van der Waals surface area contributed by atoms with Crippen molar-refractivity contribution in [2.24, 2.45) is 0 Å². The van der Waals surface area contributed by atoms with Gasteiger partial charge in [-0.25, -0.2) is 4.79 Å². The van der Waals surface area contributed by atoms with Crippen molar-refractivity contribution in [1.82, 2.24) is 0 Å². The fourth-order valence-electron chi connectivity index (χ4n) is 3.93. The van der Waals surface area contributed by atoms with Crippen LogP contribution in [0.15, 0.2) is 12.1 Å². The molecule has 3 aromatic rings. The van der Waals surface area contributed by atoms with Crippen LogP contribution in [0.5, 0.6) is 23.0 Å². The van der Waals surface area contributed by atoms with E-state index in [0.29, 0.717) is 54.6 Å². The molecule has 0 aliphatic carbocycles. The number of carbonyl (C=O) groups excluding carboxylic acids is 1. The molecular formula is C20H4Cl2I6O5. The van der Waals surface area contributed by atoms with Gasteiger partial charge < -0.3 is 19.7 Å². The number of esters is 1. The summed E-state index contributed by atoms with van der Waals surface area (Å²) < 4.78 is 15.8. The van der Waals surface area contributed by atoms with Crippen molar-refractivity contribution in [3.05, 3.63) is 65.9 Å². The van der Waals surface area contributed by atoms with Gasteiger partial charge in [0.2, 0.25) is 0 Å². The van der Waals surface area contributed by atoms with Crippen molar-refractivity contribution in [2.75, 3.05) is 0 Å². The SMILES string of the molecule is O=C1OC2(c3cc(I)c(O)c(I)c3Oc3c2cc(I)c(O)c3I)c2c(Cl)c(I)c(I)c(Cl)c21. The van der Waals surface area contributed by atoms with Crippen molar-refractivity contribution in [2.45, 2.75) is 5.60 Å². The highest BCUT2D eigenvalue weighted by molar-refractivity contribution is 14.1. The highest BCUT2D eigenvalue weighted by Crippen LogP contribution is 2.62. The Labute approximate surface area is 278 Å². The van der Waals surface area contributed by atoms with Gasteiger partial charge in [-0.1, -0.05) is 23.2 Å². The summed E-state index contributed by atoms with van der Waals surface area (Å²) in [5.74, 6) is 0.122. The van der Waals surface area contributed by atoms with Gasteiger partial charge >= 0.3 is 5.97 Å². The van der Waals surface area contributed by atoms with Crippen LogP contribution in [0, 0.1) is 21.4 Å². The predicted molar refractivity (Wildman–Crippen MR) is 174 cm³/mol. The number of phenols is 2. The number of phenolic OH excluding ortho intramolecular Hbond substituents is 2. The van der Waals surface area contributed by atoms with Crippen molar-refractivity contribution in [1.29, 1.82) is 0 Å². The molecule has 5 rings (SSSR count). The maximum absolute atomic E-state index is 13.4. The molecule has 0 saturated heterocycles. The van der Waals surface area contributed by atoms with E-state index in [2.05, 4.69) is 45.2 Å². The van der Waals surface area contributed by atoms with Crippen LogP contribution in [0.3, 0.4) is 0 Å². The van der Waals surface area contributed by atoms with E-state index in [9.17, 15) is 15.0 Å². The zero-order valence-electron chi connectivity index (χ0n) is 15.3. The molecule has 0 atom stereocenters. The molecule has 0 bridgehead atoms. The van der Waals surface area contributed by atoms with Crippen LogP contribution in [-0.4, -0.2) is 16.2 Å². The van der Waals surface area contributed by atoms with Crippen LogP contribution >= 0.6 is 159 Å². The normalized spacial score (nSPS) is 15.1. The highest BCUT2D eigenvalue weighted by atomic mass is 127. The van der Waals surface area contributed by atoms with Crippen molar-refractivity contribution >= 4 is 165 Å². The molecular weight excluding hydrogens is 1150 g/mol. The Bertz CT molecular complexity index is 1400. The Kier molecular flexibility index (Phi) is 7.16. The fraction of sp³-hybridized carbons (Fsp3) is 0.0500. The number of halogens is 8. The molecule has 2 aliphatic heterocycles. The van der Waals surface area contributed by atoms with E-state index in [1.807, 2.05) is 90.4 Å². The molecule has 0 amide bonds. The third kappa shape index (κ3) is 3.57. The zero-order valence-corrected chi connectivity index (χ0v) is 29.8. The first kappa shape index (κ1) is 26.1. The molecule has 0 aromatic heterocycles.